The maximum atomic E-state index is 13.1. The molecule has 0 aliphatic carbocycles. The minimum Gasteiger partial charge on any atom is -0.351 e. The van der Waals surface area contributed by atoms with Gasteiger partial charge in [0.15, 0.2) is 0 Å². The fourth-order valence-corrected chi connectivity index (χ4v) is 4.45. The molecule has 2 aromatic carbocycles. The molecule has 0 atom stereocenters. The van der Waals surface area contributed by atoms with Crippen LogP contribution in [0.1, 0.15) is 10.4 Å². The molecule has 0 unspecified atom stereocenters. The minimum absolute atomic E-state index is 0.0568. The van der Waals surface area contributed by atoms with E-state index in [2.05, 4.69) is 50.3 Å². The molecule has 148 valence electrons. The number of piperazine rings is 1. The second-order valence-electron chi connectivity index (χ2n) is 7.64. The lowest BCUT2D eigenvalue weighted by Crippen LogP contribution is -2.46. The van der Waals surface area contributed by atoms with Crippen LogP contribution < -0.4 is 10.6 Å². The number of carbonyl (C=O) groups is 1. The highest BCUT2D eigenvalue weighted by Gasteiger charge is 2.18. The molecule has 1 fully saturated rings. The lowest BCUT2D eigenvalue weighted by Gasteiger charge is -2.27. The van der Waals surface area contributed by atoms with Gasteiger partial charge in [-0.25, -0.2) is 0 Å². The number of aromatic nitrogens is 2. The van der Waals surface area contributed by atoms with Crippen LogP contribution in [0.25, 0.3) is 32.7 Å². The van der Waals surface area contributed by atoms with Gasteiger partial charge in [0, 0.05) is 74.2 Å². The van der Waals surface area contributed by atoms with E-state index in [9.17, 15) is 4.79 Å². The Labute approximate surface area is 169 Å². The Morgan fingerprint density at radius 1 is 1.10 bits per heavy atom. The van der Waals surface area contributed by atoms with E-state index in [0.29, 0.717) is 12.1 Å². The molecule has 29 heavy (non-hydrogen) atoms. The number of nitrogens with one attached hydrogen (secondary N) is 2. The molecule has 0 bridgehead atoms. The van der Waals surface area contributed by atoms with Gasteiger partial charge < -0.3 is 15.2 Å². The molecule has 4 aromatic rings. The third-order valence-electron chi connectivity index (χ3n) is 5.92. The summed E-state index contributed by atoms with van der Waals surface area (Å²) in [6.45, 7) is 5.60. The molecular formula is C23H25N5O. The van der Waals surface area contributed by atoms with E-state index in [1.165, 1.54) is 0 Å². The van der Waals surface area contributed by atoms with Gasteiger partial charge in [0.05, 0.1) is 16.6 Å². The van der Waals surface area contributed by atoms with Crippen LogP contribution in [0.5, 0.6) is 0 Å². The SMILES string of the molecule is Cn1c2ccccc2c2cc(C(=O)NCCN3CCNCC3)c3ncccc3c21. The quantitative estimate of drug-likeness (QED) is 0.565. The van der Waals surface area contributed by atoms with Gasteiger partial charge in [-0.2, -0.15) is 0 Å². The molecule has 2 aromatic heterocycles. The molecule has 2 N–H and O–H groups in total. The zero-order valence-corrected chi connectivity index (χ0v) is 16.6. The van der Waals surface area contributed by atoms with Crippen molar-refractivity contribution in [1.29, 1.82) is 0 Å². The Hall–Kier alpha value is -2.96. The maximum Gasteiger partial charge on any atom is 0.253 e. The number of nitrogens with zero attached hydrogens (tertiary/aromatic N) is 3. The number of hydrogen-bond acceptors (Lipinski definition) is 4. The zero-order chi connectivity index (χ0) is 19.8. The first-order valence-electron chi connectivity index (χ1n) is 10.2. The standard InChI is InChI=1S/C23H25N5O/c1-27-20-7-3-2-5-16(20)18-15-19(21-17(22(18)27)6-4-8-25-21)23(29)26-11-14-28-12-9-24-10-13-28/h2-8,15,24H,9-14H2,1H3,(H,26,29). The molecular weight excluding hydrogens is 362 g/mol. The number of rotatable bonds is 4. The highest BCUT2D eigenvalue weighted by Crippen LogP contribution is 2.34. The monoisotopic (exact) mass is 387 g/mol. The molecule has 0 radical (unpaired) electrons. The summed E-state index contributed by atoms with van der Waals surface area (Å²) < 4.78 is 2.20. The second-order valence-corrected chi connectivity index (χ2v) is 7.64. The number of aryl methyl sites for hydroxylation is 1. The maximum absolute atomic E-state index is 13.1. The number of amides is 1. The van der Waals surface area contributed by atoms with Crippen LogP contribution in [0.4, 0.5) is 0 Å². The zero-order valence-electron chi connectivity index (χ0n) is 16.6. The van der Waals surface area contributed by atoms with Gasteiger partial charge in [-0.1, -0.05) is 18.2 Å². The summed E-state index contributed by atoms with van der Waals surface area (Å²) in [6.07, 6.45) is 1.76. The van der Waals surface area contributed by atoms with E-state index in [1.54, 1.807) is 6.20 Å². The molecule has 0 spiro atoms. The van der Waals surface area contributed by atoms with Crippen molar-refractivity contribution in [2.45, 2.75) is 0 Å². The first-order valence-corrected chi connectivity index (χ1v) is 10.2. The van der Waals surface area contributed by atoms with Crippen LogP contribution in [-0.4, -0.2) is 59.6 Å². The molecule has 3 heterocycles. The van der Waals surface area contributed by atoms with E-state index in [1.807, 2.05) is 24.3 Å². The normalized spacial score (nSPS) is 15.3. The third-order valence-corrected chi connectivity index (χ3v) is 5.92. The van der Waals surface area contributed by atoms with Crippen LogP contribution in [-0.2, 0) is 7.05 Å². The van der Waals surface area contributed by atoms with E-state index in [-0.39, 0.29) is 5.91 Å². The topological polar surface area (TPSA) is 62.2 Å². The number of hydrogen-bond donors (Lipinski definition) is 2. The third kappa shape index (κ3) is 3.14. The molecule has 6 heteroatoms. The van der Waals surface area contributed by atoms with E-state index in [4.69, 9.17) is 0 Å². The van der Waals surface area contributed by atoms with Crippen molar-refractivity contribution in [1.82, 2.24) is 25.1 Å². The molecule has 1 aliphatic heterocycles. The predicted molar refractivity (Wildman–Crippen MR) is 117 cm³/mol. The summed E-state index contributed by atoms with van der Waals surface area (Å²) in [6, 6.07) is 14.3. The summed E-state index contributed by atoms with van der Waals surface area (Å²) in [4.78, 5) is 20.0. The van der Waals surface area contributed by atoms with Crippen molar-refractivity contribution < 1.29 is 4.79 Å². The fraction of sp³-hybridized carbons (Fsp3) is 0.304. The number of pyridine rings is 1. The van der Waals surface area contributed by atoms with Crippen molar-refractivity contribution in [2.24, 2.45) is 7.05 Å². The van der Waals surface area contributed by atoms with Crippen molar-refractivity contribution in [3.05, 3.63) is 54.2 Å². The molecule has 1 amide bonds. The summed E-state index contributed by atoms with van der Waals surface area (Å²) in [7, 11) is 2.07. The summed E-state index contributed by atoms with van der Waals surface area (Å²) in [5, 5.41) is 9.73. The predicted octanol–water partition coefficient (Wildman–Crippen LogP) is 2.51. The number of fused-ring (bicyclic) bond motifs is 5. The first-order chi connectivity index (χ1) is 14.2. The van der Waals surface area contributed by atoms with Gasteiger partial charge in [0.1, 0.15) is 0 Å². The summed E-state index contributed by atoms with van der Waals surface area (Å²) >= 11 is 0. The second kappa shape index (κ2) is 7.46. The summed E-state index contributed by atoms with van der Waals surface area (Å²) in [5.41, 5.74) is 3.67. The largest absolute Gasteiger partial charge is 0.351 e. The van der Waals surface area contributed by atoms with E-state index < -0.39 is 0 Å². The molecule has 0 saturated carbocycles. The first kappa shape index (κ1) is 18.1. The number of carbonyl (C=O) groups excluding carboxylic acids is 1. The Kier molecular flexibility index (Phi) is 4.66. The number of para-hydroxylation sites is 1. The Morgan fingerprint density at radius 3 is 2.76 bits per heavy atom. The van der Waals surface area contributed by atoms with Gasteiger partial charge >= 0.3 is 0 Å². The lowest BCUT2D eigenvalue weighted by atomic mass is 10.0. The van der Waals surface area contributed by atoms with E-state index >= 15 is 0 Å². The van der Waals surface area contributed by atoms with Crippen molar-refractivity contribution in [3.63, 3.8) is 0 Å². The Bertz CT molecular complexity index is 1210. The van der Waals surface area contributed by atoms with Crippen LogP contribution in [0.15, 0.2) is 48.7 Å². The van der Waals surface area contributed by atoms with Crippen LogP contribution in [0.2, 0.25) is 0 Å². The lowest BCUT2D eigenvalue weighted by molar-refractivity contribution is 0.0949. The average molecular weight is 387 g/mol. The highest BCUT2D eigenvalue weighted by atomic mass is 16.1. The smallest absolute Gasteiger partial charge is 0.253 e. The van der Waals surface area contributed by atoms with Gasteiger partial charge in [-0.15, -0.1) is 0 Å². The number of benzene rings is 2. The Morgan fingerprint density at radius 2 is 1.90 bits per heavy atom. The van der Waals surface area contributed by atoms with Gasteiger partial charge in [0.25, 0.3) is 5.91 Å². The average Bonchev–Trinajstić information content (AvgIpc) is 3.06. The molecule has 6 nitrogen and oxygen atoms in total. The molecule has 5 rings (SSSR count). The van der Waals surface area contributed by atoms with Gasteiger partial charge in [-0.05, 0) is 24.3 Å². The fourth-order valence-electron chi connectivity index (χ4n) is 4.45. The minimum atomic E-state index is -0.0568. The van der Waals surface area contributed by atoms with Crippen LogP contribution in [0.3, 0.4) is 0 Å². The summed E-state index contributed by atoms with van der Waals surface area (Å²) in [5.74, 6) is -0.0568. The van der Waals surface area contributed by atoms with Gasteiger partial charge in [-0.3, -0.25) is 14.7 Å². The highest BCUT2D eigenvalue weighted by molar-refractivity contribution is 6.21. The van der Waals surface area contributed by atoms with Crippen molar-refractivity contribution in [2.75, 3.05) is 39.3 Å². The van der Waals surface area contributed by atoms with E-state index in [0.717, 1.165) is 65.4 Å². The molecule has 1 saturated heterocycles. The van der Waals surface area contributed by atoms with Gasteiger partial charge in [0.2, 0.25) is 0 Å². The van der Waals surface area contributed by atoms with Crippen LogP contribution in [0, 0.1) is 0 Å². The van der Waals surface area contributed by atoms with Crippen molar-refractivity contribution in [3.8, 4) is 0 Å². The van der Waals surface area contributed by atoms with Crippen LogP contribution >= 0.6 is 0 Å². The molecule has 1 aliphatic rings. The Balaban J connectivity index is 1.54. The van der Waals surface area contributed by atoms with Crippen molar-refractivity contribution >= 4 is 38.6 Å².